The molecule has 27 heteroatoms. The molecule has 0 aliphatic carbocycles. The minimum Gasteiger partial charge on any atom is -0.194 e. The summed E-state index contributed by atoms with van der Waals surface area (Å²) in [5.74, 6) is 0. The topological polar surface area (TPSA) is 3.88 Å². The summed E-state index contributed by atoms with van der Waals surface area (Å²) in [5, 5.41) is 3.43. The number of hydrogen-bond acceptors (Lipinski definition) is 1. The van der Waals surface area contributed by atoms with Gasteiger partial charge in [0.05, 0.1) is 49.9 Å². The van der Waals surface area contributed by atoms with Crippen LogP contribution in [0.3, 0.4) is 0 Å². The minimum absolute atomic E-state index is 0.691. The van der Waals surface area contributed by atoms with E-state index in [0.29, 0.717) is 0 Å². The first-order valence-corrected chi connectivity index (χ1v) is 21.1. The zero-order chi connectivity index (χ0) is 56.3. The molecule has 7 aromatic rings. The minimum atomic E-state index is -6.13. The Kier molecular flexibility index (Phi) is 15.3. The fraction of sp³-hybridized carbons (Fsp3) is 0.188. The van der Waals surface area contributed by atoms with Crippen LogP contribution in [-0.2, 0) is 56.0 Å². The van der Waals surface area contributed by atoms with E-state index in [9.17, 15) is 105 Å². The van der Waals surface area contributed by atoms with Gasteiger partial charge in [-0.05, 0) is 35.7 Å². The Balaban J connectivity index is 0.000000421. The molecule has 0 N–H and O–H groups in total. The highest BCUT2D eigenvalue weighted by Gasteiger charge is 2.47. The van der Waals surface area contributed by atoms with E-state index in [-0.39, 0.29) is 0 Å². The lowest BCUT2D eigenvalue weighted by Gasteiger charge is -2.46. The molecule has 0 aliphatic rings. The van der Waals surface area contributed by atoms with Crippen molar-refractivity contribution in [3.05, 3.63) is 190 Å². The van der Waals surface area contributed by atoms with Crippen molar-refractivity contribution in [1.82, 2.24) is 0 Å². The van der Waals surface area contributed by atoms with Crippen molar-refractivity contribution < 1.29 is 110 Å². The Morgan fingerprint density at radius 2 is 0.573 bits per heavy atom. The van der Waals surface area contributed by atoms with E-state index < -0.39 is 195 Å². The molecule has 7 rings (SSSR count). The van der Waals surface area contributed by atoms with Gasteiger partial charge in [-0.3, -0.25) is 0 Å². The third-order valence-electron chi connectivity index (χ3n) is 11.5. The summed E-state index contributed by atoms with van der Waals surface area (Å²) >= 11 is 4.66. The van der Waals surface area contributed by atoms with Crippen LogP contribution in [0, 0.1) is 0 Å². The van der Waals surface area contributed by atoms with Crippen molar-refractivity contribution in [2.75, 3.05) is 0 Å². The average molecular weight is 1120 g/mol. The van der Waals surface area contributed by atoms with Crippen LogP contribution in [0.2, 0.25) is 0 Å². The quantitative estimate of drug-likeness (QED) is 0.0732. The molecule has 75 heavy (non-hydrogen) atoms. The second-order valence-electron chi connectivity index (χ2n) is 16.6. The van der Waals surface area contributed by atoms with E-state index in [2.05, 4.69) is 78.0 Å². The first kappa shape index (κ1) is 57.7. The molecule has 1 nitrogen and oxygen atoms in total. The van der Waals surface area contributed by atoms with Crippen molar-refractivity contribution in [3.63, 3.8) is 0 Å². The molecule has 0 fully saturated rings. The number of halogens is 24. The lowest BCUT2D eigenvalue weighted by atomic mass is 9.12. The molecule has 0 bridgehead atoms. The Hall–Kier alpha value is -6.54. The number of hydrogen-bond donors (Lipinski definition) is 1. The van der Waals surface area contributed by atoms with Gasteiger partial charge in [-0.1, -0.05) is 110 Å². The zero-order valence-electron chi connectivity index (χ0n) is 36.5. The van der Waals surface area contributed by atoms with Crippen molar-refractivity contribution >= 4 is 51.4 Å². The lowest BCUT2D eigenvalue weighted by Crippen LogP contribution is -2.75. The fourth-order valence-electron chi connectivity index (χ4n) is 8.22. The summed E-state index contributed by atoms with van der Waals surface area (Å²) in [6.45, 7) is 0.852. The van der Waals surface area contributed by atoms with Gasteiger partial charge in [0.25, 0.3) is 0 Å². The van der Waals surface area contributed by atoms with Crippen LogP contribution in [0.25, 0.3) is 10.8 Å². The van der Waals surface area contributed by atoms with Crippen LogP contribution in [0.4, 0.5) is 105 Å². The Morgan fingerprint density at radius 1 is 0.320 bits per heavy atom. The van der Waals surface area contributed by atoms with Crippen molar-refractivity contribution in [1.29, 1.82) is 0 Å². The van der Waals surface area contributed by atoms with Gasteiger partial charge in [-0.25, -0.2) is 0 Å². The van der Waals surface area contributed by atoms with Crippen LogP contribution in [0.5, 0.6) is 0 Å². The standard InChI is InChI=1S/C32H12BF24.C16H13NS/c34-25(35,36)13-1-14(26(37,38)39)6-21(5-13)33(22-7-15(27(40,41)42)2-16(8-22)28(43,44)45,23-9-17(29(46,47)48)3-18(10-23)30(49,50)51)24-11-19(31(52,53)54)4-20(12-24)32(55,56)57;18-16-15-9-5-4-8-14(15)10-11-17(16)12-13-6-2-1-3-7-13/h1-12H;1-11H,12H2/q-1;/p+1. The average Bonchev–Trinajstić information content (AvgIpc) is 3.28. The second kappa shape index (κ2) is 19.9. The SMILES string of the molecule is FC(F)(F)c1cc([B-](c2cc(C(F)(F)F)cc(C(F)(F)F)c2)(c2cc(C(F)(F)F)cc(C(F)(F)F)c2)c2cc(C(F)(F)F)cc(C(F)(F)F)c2)cc(C(F)(F)F)c1.Sc1c2ccccc2cc[n+]1Cc1ccccc1. The molecule has 1 aromatic heterocycles. The molecule has 400 valence electrons. The summed E-state index contributed by atoms with van der Waals surface area (Å²) < 4.78 is 343. The Labute approximate surface area is 411 Å². The number of pyridine rings is 1. The molecular weight excluding hydrogens is 1090 g/mol. The highest BCUT2D eigenvalue weighted by Crippen LogP contribution is 2.41. The van der Waals surface area contributed by atoms with Crippen LogP contribution >= 0.6 is 12.6 Å². The third kappa shape index (κ3) is 12.9. The van der Waals surface area contributed by atoms with E-state index in [1.165, 1.54) is 16.3 Å². The van der Waals surface area contributed by atoms with Crippen molar-refractivity contribution in [3.8, 4) is 0 Å². The highest BCUT2D eigenvalue weighted by molar-refractivity contribution is 7.80. The largest absolute Gasteiger partial charge is 0.416 e. The van der Waals surface area contributed by atoms with Crippen molar-refractivity contribution in [2.24, 2.45) is 0 Å². The van der Waals surface area contributed by atoms with E-state index in [1.54, 1.807) is 0 Å². The number of thiol groups is 1. The van der Waals surface area contributed by atoms with Gasteiger partial charge in [0.15, 0.2) is 12.7 Å². The van der Waals surface area contributed by atoms with Gasteiger partial charge in [0.1, 0.15) is 6.15 Å². The molecule has 0 amide bonds. The van der Waals surface area contributed by atoms with Crippen molar-refractivity contribution in [2.45, 2.75) is 61.0 Å². The maximum absolute atomic E-state index is 14.2. The molecule has 0 saturated carbocycles. The summed E-state index contributed by atoms with van der Waals surface area (Å²) in [7, 11) is 0. The maximum Gasteiger partial charge on any atom is 0.416 e. The fourth-order valence-corrected chi connectivity index (χ4v) is 8.56. The molecule has 0 radical (unpaired) electrons. The first-order valence-electron chi connectivity index (χ1n) is 20.6. The van der Waals surface area contributed by atoms with Gasteiger partial charge >= 0.3 is 49.4 Å². The number of benzene rings is 6. The molecule has 1 heterocycles. The van der Waals surface area contributed by atoms with E-state index in [4.69, 9.17) is 0 Å². The predicted molar refractivity (Wildman–Crippen MR) is 227 cm³/mol. The Morgan fingerprint density at radius 3 is 0.840 bits per heavy atom. The number of nitrogens with zero attached hydrogens (tertiary/aromatic N) is 1. The van der Waals surface area contributed by atoms with Gasteiger partial charge in [0, 0.05) is 11.6 Å². The van der Waals surface area contributed by atoms with E-state index in [0.717, 1.165) is 11.6 Å². The monoisotopic (exact) mass is 1120 g/mol. The molecule has 0 aliphatic heterocycles. The number of fused-ring (bicyclic) bond motifs is 1. The summed E-state index contributed by atoms with van der Waals surface area (Å²) in [6.07, 6.45) is -52.7. The zero-order valence-corrected chi connectivity index (χ0v) is 37.4. The van der Waals surface area contributed by atoms with Gasteiger partial charge in [-0.15, -0.1) is 0 Å². The first-order chi connectivity index (χ1) is 34.1. The summed E-state index contributed by atoms with van der Waals surface area (Å²) in [5.41, 5.74) is -28.9. The molecule has 6 aromatic carbocycles. The number of rotatable bonds is 6. The van der Waals surface area contributed by atoms with Crippen LogP contribution in [0.15, 0.2) is 145 Å². The van der Waals surface area contributed by atoms with E-state index >= 15 is 0 Å². The van der Waals surface area contributed by atoms with Gasteiger partial charge in [0.2, 0.25) is 5.03 Å². The van der Waals surface area contributed by atoms with Crippen LogP contribution in [0.1, 0.15) is 50.1 Å². The smallest absolute Gasteiger partial charge is 0.194 e. The molecule has 0 spiro atoms. The molecule has 0 unspecified atom stereocenters. The predicted octanol–water partition coefficient (Wildman–Crippen LogP) is 14.7. The van der Waals surface area contributed by atoms with Gasteiger partial charge < -0.3 is 0 Å². The third-order valence-corrected chi connectivity index (χ3v) is 12.0. The number of alkyl halides is 24. The maximum atomic E-state index is 14.2. The molecule has 0 saturated heterocycles. The second-order valence-corrected chi connectivity index (χ2v) is 17.0. The number of aromatic nitrogens is 1. The van der Waals surface area contributed by atoms with Gasteiger partial charge in [-0.2, -0.15) is 132 Å². The highest BCUT2D eigenvalue weighted by atomic mass is 32.1. The summed E-state index contributed by atoms with van der Waals surface area (Å²) in [4.78, 5) is 0. The Bertz CT molecular complexity index is 2760. The summed E-state index contributed by atoms with van der Waals surface area (Å²) in [6, 6.07) is 12.1. The van der Waals surface area contributed by atoms with E-state index in [1.807, 2.05) is 6.07 Å². The van der Waals surface area contributed by atoms with Crippen LogP contribution < -0.4 is 26.4 Å². The normalized spacial score (nSPS) is 13.5. The lowest BCUT2D eigenvalue weighted by molar-refractivity contribution is -0.722. The molecule has 0 atom stereocenters. The van der Waals surface area contributed by atoms with Crippen LogP contribution in [-0.4, -0.2) is 6.15 Å². The molecular formula is C48H26BF24NS.